The monoisotopic (exact) mass is 891 g/mol. The number of ether oxygens (including phenoxy) is 3. The van der Waals surface area contributed by atoms with Crippen molar-refractivity contribution >= 4 is 0 Å². The Hall–Kier alpha value is -0.120. The second kappa shape index (κ2) is 61.9. The summed E-state index contributed by atoms with van der Waals surface area (Å²) in [5.74, 6) is 0. The lowest BCUT2D eigenvalue weighted by atomic mass is 10.0. The van der Waals surface area contributed by atoms with Gasteiger partial charge in [-0.1, -0.05) is 309 Å². The van der Waals surface area contributed by atoms with Gasteiger partial charge in [-0.15, -0.1) is 0 Å². The lowest BCUT2D eigenvalue weighted by Crippen LogP contribution is -1.97. The highest BCUT2D eigenvalue weighted by Gasteiger charge is 2.00. The highest BCUT2D eigenvalue weighted by Crippen LogP contribution is 2.17. The molecule has 3 nitrogen and oxygen atoms in total. The fourth-order valence-corrected chi connectivity index (χ4v) is 9.46. The second-order valence-electron chi connectivity index (χ2n) is 20.5. The molecule has 0 N–H and O–H groups in total. The van der Waals surface area contributed by atoms with Crippen LogP contribution < -0.4 is 0 Å². The van der Waals surface area contributed by atoms with Crippen molar-refractivity contribution in [2.45, 2.75) is 348 Å². The first-order chi connectivity index (χ1) is 31.4. The molecule has 0 spiro atoms. The quantitative estimate of drug-likeness (QED) is 0.0570. The van der Waals surface area contributed by atoms with Crippen molar-refractivity contribution in [3.05, 3.63) is 0 Å². The first-order valence-electron chi connectivity index (χ1n) is 30.1. The van der Waals surface area contributed by atoms with Crippen LogP contribution in [-0.2, 0) is 14.2 Å². The molecule has 63 heavy (non-hydrogen) atoms. The zero-order valence-corrected chi connectivity index (χ0v) is 44.2. The number of hydrogen-bond donors (Lipinski definition) is 0. The van der Waals surface area contributed by atoms with Crippen LogP contribution in [-0.4, -0.2) is 39.6 Å². The lowest BCUT2D eigenvalue weighted by Gasteiger charge is -2.06. The molecule has 0 aliphatic rings. The molecule has 0 aliphatic carbocycles. The summed E-state index contributed by atoms with van der Waals surface area (Å²) in [6, 6.07) is 0. The van der Waals surface area contributed by atoms with E-state index in [0.717, 1.165) is 39.6 Å². The van der Waals surface area contributed by atoms with Gasteiger partial charge in [0.15, 0.2) is 0 Å². The third kappa shape index (κ3) is 61.9. The molecule has 0 saturated heterocycles. The average molecular weight is 892 g/mol. The van der Waals surface area contributed by atoms with Crippen molar-refractivity contribution in [1.82, 2.24) is 0 Å². The van der Waals surface area contributed by atoms with Gasteiger partial charge in [-0.25, -0.2) is 0 Å². The normalized spacial score (nSPS) is 11.7. The third-order valence-electron chi connectivity index (χ3n) is 13.9. The predicted molar refractivity (Wildman–Crippen MR) is 284 cm³/mol. The highest BCUT2D eigenvalue weighted by atomic mass is 16.5. The van der Waals surface area contributed by atoms with Gasteiger partial charge in [-0.05, 0) is 38.5 Å². The van der Waals surface area contributed by atoms with E-state index in [-0.39, 0.29) is 0 Å². The van der Waals surface area contributed by atoms with Gasteiger partial charge in [0, 0.05) is 39.6 Å². The van der Waals surface area contributed by atoms with Gasteiger partial charge in [0.2, 0.25) is 0 Å². The van der Waals surface area contributed by atoms with Crippen LogP contribution in [0.25, 0.3) is 0 Å². The molecular formula is C60H122O3. The average Bonchev–Trinajstić information content (AvgIpc) is 3.29. The Morgan fingerprint density at radius 3 is 0.333 bits per heavy atom. The summed E-state index contributed by atoms with van der Waals surface area (Å²) in [4.78, 5) is 0. The minimum Gasteiger partial charge on any atom is -0.381 e. The first-order valence-corrected chi connectivity index (χ1v) is 30.1. The third-order valence-corrected chi connectivity index (χ3v) is 13.9. The minimum atomic E-state index is 0.990. The molecule has 0 amide bonds. The summed E-state index contributed by atoms with van der Waals surface area (Å²) in [5, 5.41) is 0. The second-order valence-corrected chi connectivity index (χ2v) is 20.5. The molecule has 0 aromatic rings. The van der Waals surface area contributed by atoms with Crippen molar-refractivity contribution in [2.75, 3.05) is 39.6 Å². The van der Waals surface area contributed by atoms with Crippen LogP contribution in [0.2, 0.25) is 0 Å². The van der Waals surface area contributed by atoms with Gasteiger partial charge < -0.3 is 14.2 Å². The molecule has 0 radical (unpaired) electrons. The van der Waals surface area contributed by atoms with Crippen molar-refractivity contribution in [3.63, 3.8) is 0 Å². The number of unbranched alkanes of at least 4 members (excludes halogenated alkanes) is 48. The molecule has 0 atom stereocenters. The van der Waals surface area contributed by atoms with E-state index in [0.29, 0.717) is 0 Å². The standard InChI is InChI=1S/C60H122O3/c1-3-5-7-9-11-37-43-49-55-61-57-51-45-39-33-29-25-21-17-13-15-19-23-27-31-35-41-47-53-59-63-60-54-48-42-36-32-28-24-20-16-14-18-22-26-30-34-40-46-52-58-62-56-50-44-38-12-10-8-6-4-2/h3-60H2,1-2H3. The van der Waals surface area contributed by atoms with E-state index in [9.17, 15) is 0 Å². The lowest BCUT2D eigenvalue weighted by molar-refractivity contribution is 0.125. The van der Waals surface area contributed by atoms with Crippen molar-refractivity contribution in [3.8, 4) is 0 Å². The Kier molecular flexibility index (Phi) is 61.8. The van der Waals surface area contributed by atoms with Crippen molar-refractivity contribution in [2.24, 2.45) is 0 Å². The molecule has 0 aliphatic heterocycles. The van der Waals surface area contributed by atoms with Crippen LogP contribution in [0.15, 0.2) is 0 Å². The van der Waals surface area contributed by atoms with E-state index in [1.54, 1.807) is 0 Å². The zero-order valence-electron chi connectivity index (χ0n) is 44.2. The molecule has 380 valence electrons. The Balaban J connectivity index is 3.06. The highest BCUT2D eigenvalue weighted by molar-refractivity contribution is 4.54. The predicted octanol–water partition coefficient (Wildman–Crippen LogP) is 21.4. The molecular weight excluding hydrogens is 769 g/mol. The van der Waals surface area contributed by atoms with Crippen LogP contribution in [0.4, 0.5) is 0 Å². The van der Waals surface area contributed by atoms with Gasteiger partial charge in [0.25, 0.3) is 0 Å². The smallest absolute Gasteiger partial charge is 0.0466 e. The maximum Gasteiger partial charge on any atom is 0.0466 e. The maximum absolute atomic E-state index is 5.95. The summed E-state index contributed by atoms with van der Waals surface area (Å²) >= 11 is 0. The molecule has 0 fully saturated rings. The largest absolute Gasteiger partial charge is 0.381 e. The Morgan fingerprint density at radius 2 is 0.222 bits per heavy atom. The molecule has 0 aromatic carbocycles. The van der Waals surface area contributed by atoms with E-state index in [1.165, 1.54) is 334 Å². The van der Waals surface area contributed by atoms with Crippen LogP contribution in [0.3, 0.4) is 0 Å². The molecule has 0 saturated carbocycles. The number of rotatable bonds is 60. The summed E-state index contributed by atoms with van der Waals surface area (Å²) < 4.78 is 17.7. The van der Waals surface area contributed by atoms with Gasteiger partial charge in [0.05, 0.1) is 0 Å². The minimum absolute atomic E-state index is 0.990. The van der Waals surface area contributed by atoms with Crippen LogP contribution in [0.1, 0.15) is 348 Å². The van der Waals surface area contributed by atoms with Crippen molar-refractivity contribution in [1.29, 1.82) is 0 Å². The number of hydrogen-bond acceptors (Lipinski definition) is 3. The van der Waals surface area contributed by atoms with Crippen LogP contribution >= 0.6 is 0 Å². The van der Waals surface area contributed by atoms with Crippen LogP contribution in [0, 0.1) is 0 Å². The summed E-state index contributed by atoms with van der Waals surface area (Å²) in [6.45, 7) is 10.5. The summed E-state index contributed by atoms with van der Waals surface area (Å²) in [7, 11) is 0. The molecule has 0 rings (SSSR count). The van der Waals surface area contributed by atoms with Gasteiger partial charge >= 0.3 is 0 Å². The van der Waals surface area contributed by atoms with Gasteiger partial charge in [-0.3, -0.25) is 0 Å². The van der Waals surface area contributed by atoms with E-state index >= 15 is 0 Å². The molecule has 0 heterocycles. The fourth-order valence-electron chi connectivity index (χ4n) is 9.46. The van der Waals surface area contributed by atoms with E-state index < -0.39 is 0 Å². The van der Waals surface area contributed by atoms with Crippen molar-refractivity contribution < 1.29 is 14.2 Å². The van der Waals surface area contributed by atoms with Crippen LogP contribution in [0.5, 0.6) is 0 Å². The molecule has 0 aromatic heterocycles. The Morgan fingerprint density at radius 1 is 0.127 bits per heavy atom. The molecule has 0 unspecified atom stereocenters. The van der Waals surface area contributed by atoms with E-state index in [2.05, 4.69) is 13.8 Å². The Bertz CT molecular complexity index is 681. The molecule has 0 bridgehead atoms. The first kappa shape index (κ1) is 62.9. The van der Waals surface area contributed by atoms with Gasteiger partial charge in [-0.2, -0.15) is 0 Å². The van der Waals surface area contributed by atoms with Gasteiger partial charge in [0.1, 0.15) is 0 Å². The zero-order chi connectivity index (χ0) is 45.1. The van der Waals surface area contributed by atoms with E-state index in [4.69, 9.17) is 14.2 Å². The maximum atomic E-state index is 5.95. The van der Waals surface area contributed by atoms with E-state index in [1.807, 2.05) is 0 Å². The molecule has 3 heteroatoms. The summed E-state index contributed by atoms with van der Waals surface area (Å²) in [5.41, 5.74) is 0. The Labute approximate surface area is 400 Å². The SMILES string of the molecule is CCCCCCCCCCOCCCCCCCCCCCCCCCCCCCCOCCCCCCCCCCCCCCCCCCCCOCCCCCCCCCC. The topological polar surface area (TPSA) is 27.7 Å². The fraction of sp³-hybridized carbons (Fsp3) is 1.00. The summed E-state index contributed by atoms with van der Waals surface area (Å²) in [6.07, 6.45) is 73.3.